The first-order valence-electron chi connectivity index (χ1n) is 7.16. The highest BCUT2D eigenvalue weighted by Crippen LogP contribution is 2.23. The summed E-state index contributed by atoms with van der Waals surface area (Å²) in [6.45, 7) is 0.00138. The smallest absolute Gasteiger partial charge is 0.408 e. The molecule has 5 nitrogen and oxygen atoms in total. The maximum Gasteiger partial charge on any atom is 0.408 e. The fraction of sp³-hybridized carbons (Fsp3) is 0.467. The van der Waals surface area contributed by atoms with Crippen molar-refractivity contribution in [2.24, 2.45) is 0 Å². The number of carboxylic acid groups (broad SMARTS) is 1. The van der Waals surface area contributed by atoms with Crippen LogP contribution in [0.15, 0.2) is 30.3 Å². The van der Waals surface area contributed by atoms with E-state index in [4.69, 9.17) is 5.11 Å². The molecule has 0 saturated heterocycles. The summed E-state index contributed by atoms with van der Waals surface area (Å²) in [5, 5.41) is 12.6. The topological polar surface area (TPSA) is 78.4 Å². The van der Waals surface area contributed by atoms with Crippen molar-refractivity contribution in [1.82, 2.24) is 10.6 Å². The summed E-state index contributed by atoms with van der Waals surface area (Å²) in [5.74, 6) is -1.02. The van der Waals surface area contributed by atoms with Gasteiger partial charge in [-0.25, -0.2) is 4.79 Å². The monoisotopic (exact) mass is 332 g/mol. The molecule has 0 fully saturated rings. The minimum Gasteiger partial charge on any atom is -0.481 e. The SMILES string of the molecule is O=C(O)CCCNC(=O)NC(CCc1ccccc1)C(F)(F)F. The lowest BCUT2D eigenvalue weighted by molar-refractivity contribution is -0.154. The van der Waals surface area contributed by atoms with Crippen LogP contribution in [0, 0.1) is 0 Å². The maximum atomic E-state index is 13.0. The molecule has 0 aromatic heterocycles. The largest absolute Gasteiger partial charge is 0.481 e. The lowest BCUT2D eigenvalue weighted by Gasteiger charge is -2.22. The van der Waals surface area contributed by atoms with E-state index < -0.39 is 24.2 Å². The van der Waals surface area contributed by atoms with Crippen LogP contribution in [-0.4, -0.2) is 35.9 Å². The van der Waals surface area contributed by atoms with E-state index in [0.717, 1.165) is 5.56 Å². The van der Waals surface area contributed by atoms with E-state index in [1.54, 1.807) is 30.3 Å². The van der Waals surface area contributed by atoms with Crippen molar-refractivity contribution in [3.63, 3.8) is 0 Å². The summed E-state index contributed by atoms with van der Waals surface area (Å²) < 4.78 is 38.9. The third-order valence-corrected chi connectivity index (χ3v) is 3.12. The van der Waals surface area contributed by atoms with E-state index in [-0.39, 0.29) is 32.2 Å². The van der Waals surface area contributed by atoms with Crippen LogP contribution < -0.4 is 10.6 Å². The molecule has 2 amide bonds. The van der Waals surface area contributed by atoms with E-state index in [9.17, 15) is 22.8 Å². The molecular formula is C15H19F3N2O3. The Balaban J connectivity index is 2.45. The van der Waals surface area contributed by atoms with Crippen molar-refractivity contribution in [2.45, 2.75) is 37.9 Å². The average Bonchev–Trinajstić information content (AvgIpc) is 2.47. The number of hydrogen-bond acceptors (Lipinski definition) is 2. The number of alkyl halides is 3. The molecule has 1 atom stereocenters. The number of aryl methyl sites for hydroxylation is 1. The predicted octanol–water partition coefficient (Wildman–Crippen LogP) is 2.71. The summed E-state index contributed by atoms with van der Waals surface area (Å²) in [7, 11) is 0. The molecule has 0 aliphatic carbocycles. The first kappa shape index (κ1) is 18.8. The predicted molar refractivity (Wildman–Crippen MR) is 78.0 cm³/mol. The molecule has 1 rings (SSSR count). The Bertz CT molecular complexity index is 506. The minimum atomic E-state index is -4.55. The molecule has 128 valence electrons. The van der Waals surface area contributed by atoms with Gasteiger partial charge in [0.15, 0.2) is 0 Å². The zero-order valence-corrected chi connectivity index (χ0v) is 12.4. The first-order valence-corrected chi connectivity index (χ1v) is 7.16. The van der Waals surface area contributed by atoms with Crippen molar-refractivity contribution < 1.29 is 27.9 Å². The molecule has 0 bridgehead atoms. The number of amides is 2. The summed E-state index contributed by atoms with van der Waals surface area (Å²) in [4.78, 5) is 21.8. The quantitative estimate of drug-likeness (QED) is 0.641. The zero-order valence-electron chi connectivity index (χ0n) is 12.4. The van der Waals surface area contributed by atoms with E-state index in [0.29, 0.717) is 0 Å². The van der Waals surface area contributed by atoms with Gasteiger partial charge in [0.25, 0.3) is 0 Å². The van der Waals surface area contributed by atoms with Crippen LogP contribution in [0.1, 0.15) is 24.8 Å². The Labute approximate surface area is 131 Å². The number of nitrogens with one attached hydrogen (secondary N) is 2. The van der Waals surface area contributed by atoms with Gasteiger partial charge in [0, 0.05) is 13.0 Å². The Morgan fingerprint density at radius 3 is 2.39 bits per heavy atom. The number of rotatable bonds is 8. The number of urea groups is 1. The number of benzene rings is 1. The number of halogens is 3. The second-order valence-corrected chi connectivity index (χ2v) is 5.02. The zero-order chi connectivity index (χ0) is 17.3. The van der Waals surface area contributed by atoms with Gasteiger partial charge in [-0.3, -0.25) is 4.79 Å². The third-order valence-electron chi connectivity index (χ3n) is 3.12. The summed E-state index contributed by atoms with van der Waals surface area (Å²) in [5.41, 5.74) is 0.755. The number of carboxylic acids is 1. The number of carbonyl (C=O) groups is 2. The van der Waals surface area contributed by atoms with Gasteiger partial charge in [-0.1, -0.05) is 30.3 Å². The number of hydrogen-bond donors (Lipinski definition) is 3. The fourth-order valence-electron chi connectivity index (χ4n) is 1.92. The average molecular weight is 332 g/mol. The Morgan fingerprint density at radius 2 is 1.83 bits per heavy atom. The second kappa shape index (κ2) is 9.02. The van der Waals surface area contributed by atoms with Crippen LogP contribution in [0.5, 0.6) is 0 Å². The molecule has 23 heavy (non-hydrogen) atoms. The summed E-state index contributed by atoms with van der Waals surface area (Å²) in [6.07, 6.45) is -4.63. The molecule has 1 aromatic carbocycles. The van der Waals surface area contributed by atoms with Crippen LogP contribution in [0.4, 0.5) is 18.0 Å². The van der Waals surface area contributed by atoms with Gasteiger partial charge < -0.3 is 15.7 Å². The lowest BCUT2D eigenvalue weighted by atomic mass is 10.1. The maximum absolute atomic E-state index is 13.0. The first-order chi connectivity index (χ1) is 10.8. The minimum absolute atomic E-state index is 0.00138. The second-order valence-electron chi connectivity index (χ2n) is 5.02. The van der Waals surface area contributed by atoms with Crippen molar-refractivity contribution in [1.29, 1.82) is 0 Å². The normalized spacial score (nSPS) is 12.5. The molecule has 1 unspecified atom stereocenters. The third kappa shape index (κ3) is 8.08. The lowest BCUT2D eigenvalue weighted by Crippen LogP contribution is -2.49. The van der Waals surface area contributed by atoms with Gasteiger partial charge in [-0.2, -0.15) is 13.2 Å². The molecule has 0 aliphatic heterocycles. The number of carbonyl (C=O) groups excluding carboxylic acids is 1. The highest BCUT2D eigenvalue weighted by Gasteiger charge is 2.40. The van der Waals surface area contributed by atoms with Gasteiger partial charge in [-0.15, -0.1) is 0 Å². The molecule has 0 radical (unpaired) electrons. The molecule has 0 heterocycles. The fourth-order valence-corrected chi connectivity index (χ4v) is 1.92. The van der Waals surface area contributed by atoms with Gasteiger partial charge in [0.2, 0.25) is 0 Å². The molecule has 8 heteroatoms. The van der Waals surface area contributed by atoms with Crippen LogP contribution in [0.2, 0.25) is 0 Å². The highest BCUT2D eigenvalue weighted by atomic mass is 19.4. The molecule has 3 N–H and O–H groups in total. The van der Waals surface area contributed by atoms with Crippen molar-refractivity contribution in [3.8, 4) is 0 Å². The van der Waals surface area contributed by atoms with Crippen LogP contribution in [0.3, 0.4) is 0 Å². The van der Waals surface area contributed by atoms with Crippen molar-refractivity contribution in [2.75, 3.05) is 6.54 Å². The van der Waals surface area contributed by atoms with Gasteiger partial charge in [-0.05, 0) is 24.8 Å². The van der Waals surface area contributed by atoms with E-state index >= 15 is 0 Å². The van der Waals surface area contributed by atoms with Crippen molar-refractivity contribution >= 4 is 12.0 Å². The molecule has 0 spiro atoms. The van der Waals surface area contributed by atoms with E-state index in [1.165, 1.54) is 0 Å². The summed E-state index contributed by atoms with van der Waals surface area (Å²) in [6, 6.07) is 5.78. The van der Waals surface area contributed by atoms with Crippen LogP contribution in [-0.2, 0) is 11.2 Å². The van der Waals surface area contributed by atoms with E-state index in [2.05, 4.69) is 5.32 Å². The Morgan fingerprint density at radius 1 is 1.17 bits per heavy atom. The Hall–Kier alpha value is -2.25. The van der Waals surface area contributed by atoms with Crippen LogP contribution >= 0.6 is 0 Å². The summed E-state index contributed by atoms with van der Waals surface area (Å²) >= 11 is 0. The Kier molecular flexibility index (Phi) is 7.37. The molecular weight excluding hydrogens is 313 g/mol. The standard InChI is InChI=1S/C15H19F3N2O3/c16-15(17,18)12(9-8-11-5-2-1-3-6-11)20-14(23)19-10-4-7-13(21)22/h1-3,5-6,12H,4,7-10H2,(H,21,22)(H2,19,20,23). The van der Waals surface area contributed by atoms with Gasteiger partial charge in [0.1, 0.15) is 6.04 Å². The highest BCUT2D eigenvalue weighted by molar-refractivity contribution is 5.74. The number of aliphatic carboxylic acids is 1. The van der Waals surface area contributed by atoms with Gasteiger partial charge >= 0.3 is 18.2 Å². The van der Waals surface area contributed by atoms with Crippen molar-refractivity contribution in [3.05, 3.63) is 35.9 Å². The molecule has 1 aromatic rings. The molecule has 0 saturated carbocycles. The van der Waals surface area contributed by atoms with Crippen LogP contribution in [0.25, 0.3) is 0 Å². The van der Waals surface area contributed by atoms with E-state index in [1.807, 2.05) is 5.32 Å². The van der Waals surface area contributed by atoms with Gasteiger partial charge in [0.05, 0.1) is 0 Å². The molecule has 0 aliphatic rings.